The first-order valence-corrected chi connectivity index (χ1v) is 8.18. The van der Waals surface area contributed by atoms with Crippen molar-refractivity contribution in [2.45, 2.75) is 37.6 Å². The molecule has 1 aromatic carbocycles. The predicted octanol–water partition coefficient (Wildman–Crippen LogP) is 5.26. The van der Waals surface area contributed by atoms with Gasteiger partial charge in [0.2, 0.25) is 0 Å². The van der Waals surface area contributed by atoms with Gasteiger partial charge in [-0.25, -0.2) is 9.18 Å². The Labute approximate surface area is 173 Å². The van der Waals surface area contributed by atoms with Crippen molar-refractivity contribution >= 4 is 5.97 Å². The monoisotopic (exact) mass is 488 g/mol. The van der Waals surface area contributed by atoms with Crippen LogP contribution >= 0.6 is 0 Å². The average Bonchev–Trinajstić information content (AvgIpc) is 2.64. The van der Waals surface area contributed by atoms with Crippen molar-refractivity contribution < 1.29 is 67.6 Å². The summed E-state index contributed by atoms with van der Waals surface area (Å²) in [7, 11) is 0. The number of alkyl halides is 10. The summed E-state index contributed by atoms with van der Waals surface area (Å²) in [4.78, 5) is 11.2. The number of carbonyl (C=O) groups is 1. The molecule has 0 aromatic heterocycles. The van der Waals surface area contributed by atoms with Crippen LogP contribution in [0.4, 0.5) is 43.9 Å². The summed E-state index contributed by atoms with van der Waals surface area (Å²) in [6, 6.07) is 3.90. The molecule has 0 aliphatic carbocycles. The van der Waals surface area contributed by atoms with Crippen LogP contribution in [0, 0.1) is 0 Å². The molecule has 0 heterocycles. The molecule has 0 aliphatic rings. The molecule has 15 heteroatoms. The lowest BCUT2D eigenvalue weighted by atomic mass is 10.3. The van der Waals surface area contributed by atoms with Crippen molar-refractivity contribution in [3.8, 4) is 11.5 Å². The molecule has 0 N–H and O–H groups in total. The van der Waals surface area contributed by atoms with Crippen LogP contribution in [0.3, 0.4) is 0 Å². The minimum atomic E-state index is -6.98. The summed E-state index contributed by atoms with van der Waals surface area (Å²) < 4.78 is 144. The smallest absolute Gasteiger partial charge is 0.462 e. The van der Waals surface area contributed by atoms with Gasteiger partial charge in [-0.1, -0.05) is 18.7 Å². The number of hydrogen-bond donors (Lipinski definition) is 0. The van der Waals surface area contributed by atoms with Crippen LogP contribution in [-0.2, 0) is 14.3 Å². The van der Waals surface area contributed by atoms with Gasteiger partial charge in [0.25, 0.3) is 0 Å². The molecule has 0 aliphatic heterocycles. The fraction of sp³-hybridized carbons (Fsp3) is 0.471. The summed E-state index contributed by atoms with van der Waals surface area (Å²) in [6.45, 7) is 3.74. The summed E-state index contributed by atoms with van der Waals surface area (Å²) in [5.74, 6) is -9.39. The Hall–Kier alpha value is -2.71. The van der Waals surface area contributed by atoms with E-state index >= 15 is 0 Å². The Balaban J connectivity index is 2.88. The molecule has 0 fully saturated rings. The van der Waals surface area contributed by atoms with E-state index in [9.17, 15) is 48.7 Å². The third kappa shape index (κ3) is 6.64. The van der Waals surface area contributed by atoms with E-state index in [1.54, 1.807) is 0 Å². The highest BCUT2D eigenvalue weighted by Crippen LogP contribution is 2.48. The lowest BCUT2D eigenvalue weighted by Gasteiger charge is -2.30. The maximum Gasteiger partial charge on any atom is 0.462 e. The number of carbonyl (C=O) groups excluding carboxylic acids is 1. The lowest BCUT2D eigenvalue weighted by Crippen LogP contribution is -2.56. The molecule has 0 saturated heterocycles. The van der Waals surface area contributed by atoms with Crippen LogP contribution in [0.15, 0.2) is 36.4 Å². The SMILES string of the molecule is C=C(C)C(=O)OCCOc1ccccc1OC(F)(F)C(F)OC(F)(F)C(F)(F)C(F)(F)F. The Morgan fingerprint density at radius 1 is 0.969 bits per heavy atom. The van der Waals surface area contributed by atoms with E-state index in [4.69, 9.17) is 4.74 Å². The number of esters is 1. The molecule has 0 spiro atoms. The lowest BCUT2D eigenvalue weighted by molar-refractivity contribution is -0.460. The van der Waals surface area contributed by atoms with Gasteiger partial charge in [-0.15, -0.1) is 0 Å². The third-order valence-electron chi connectivity index (χ3n) is 3.25. The largest absolute Gasteiger partial charge is 0.486 e. The number of para-hydroxylation sites is 2. The van der Waals surface area contributed by atoms with E-state index in [-0.39, 0.29) is 5.57 Å². The minimum absolute atomic E-state index is 0.0373. The first kappa shape index (κ1) is 27.3. The summed E-state index contributed by atoms with van der Waals surface area (Å²) in [5, 5.41) is 0. The van der Waals surface area contributed by atoms with E-state index in [2.05, 4.69) is 20.8 Å². The molecule has 1 unspecified atom stereocenters. The maximum absolute atomic E-state index is 13.8. The van der Waals surface area contributed by atoms with Crippen LogP contribution in [0.2, 0.25) is 0 Å². The Morgan fingerprint density at radius 2 is 1.50 bits per heavy atom. The van der Waals surface area contributed by atoms with Gasteiger partial charge in [0, 0.05) is 5.57 Å². The summed E-state index contributed by atoms with van der Waals surface area (Å²) in [5.41, 5.74) is 0.0373. The number of benzene rings is 1. The van der Waals surface area contributed by atoms with Crippen molar-refractivity contribution in [1.82, 2.24) is 0 Å². The van der Waals surface area contributed by atoms with Gasteiger partial charge in [-0.3, -0.25) is 4.74 Å². The van der Waals surface area contributed by atoms with Crippen LogP contribution in [-0.4, -0.2) is 49.9 Å². The Bertz CT molecular complexity index is 809. The maximum atomic E-state index is 13.8. The molecule has 0 radical (unpaired) electrons. The minimum Gasteiger partial charge on any atom is -0.486 e. The zero-order chi connectivity index (χ0) is 25.0. The summed E-state index contributed by atoms with van der Waals surface area (Å²) in [6.07, 6.45) is -23.8. The van der Waals surface area contributed by atoms with Gasteiger partial charge in [0.05, 0.1) is 0 Å². The quantitative estimate of drug-likeness (QED) is 0.184. The van der Waals surface area contributed by atoms with Crippen molar-refractivity contribution in [2.75, 3.05) is 13.2 Å². The molecular weight excluding hydrogens is 474 g/mol. The van der Waals surface area contributed by atoms with E-state index in [1.165, 1.54) is 13.0 Å². The first-order chi connectivity index (χ1) is 14.4. The first-order valence-electron chi connectivity index (χ1n) is 8.18. The van der Waals surface area contributed by atoms with Crippen molar-refractivity contribution in [3.63, 3.8) is 0 Å². The normalized spacial score (nSPS) is 14.0. The van der Waals surface area contributed by atoms with E-state index in [1.807, 2.05) is 0 Å². The summed E-state index contributed by atoms with van der Waals surface area (Å²) >= 11 is 0. The second-order valence-electron chi connectivity index (χ2n) is 5.90. The fourth-order valence-electron chi connectivity index (χ4n) is 1.69. The van der Waals surface area contributed by atoms with Crippen molar-refractivity contribution in [2.24, 2.45) is 0 Å². The zero-order valence-electron chi connectivity index (χ0n) is 15.8. The zero-order valence-corrected chi connectivity index (χ0v) is 15.8. The van der Waals surface area contributed by atoms with Gasteiger partial charge in [0.1, 0.15) is 13.2 Å². The van der Waals surface area contributed by atoms with E-state index in [0.717, 1.165) is 12.1 Å². The standard InChI is InChI=1S/C17H14F10O5/c1-9(2)12(28)30-8-7-29-10-5-3-4-6-11(10)31-14(19,20)13(18)32-17(26,27)15(21,22)16(23,24)25/h3-6,13H,1,7-8H2,2H3. The van der Waals surface area contributed by atoms with Crippen LogP contribution < -0.4 is 9.47 Å². The second kappa shape index (κ2) is 9.83. The van der Waals surface area contributed by atoms with E-state index < -0.39 is 61.4 Å². The molecule has 32 heavy (non-hydrogen) atoms. The molecule has 0 amide bonds. The van der Waals surface area contributed by atoms with Gasteiger partial charge in [-0.2, -0.15) is 39.5 Å². The fourth-order valence-corrected chi connectivity index (χ4v) is 1.69. The van der Waals surface area contributed by atoms with Gasteiger partial charge < -0.3 is 14.2 Å². The van der Waals surface area contributed by atoms with E-state index in [0.29, 0.717) is 6.07 Å². The number of hydrogen-bond acceptors (Lipinski definition) is 5. The number of halogens is 10. The van der Waals surface area contributed by atoms with Crippen molar-refractivity contribution in [1.29, 1.82) is 0 Å². The van der Waals surface area contributed by atoms with Crippen LogP contribution in [0.5, 0.6) is 11.5 Å². The van der Waals surface area contributed by atoms with Gasteiger partial charge >= 0.3 is 36.6 Å². The molecular formula is C17H14F10O5. The molecule has 0 saturated carbocycles. The van der Waals surface area contributed by atoms with Gasteiger partial charge in [-0.05, 0) is 19.1 Å². The molecule has 0 bridgehead atoms. The molecule has 1 rings (SSSR count). The highest BCUT2D eigenvalue weighted by Gasteiger charge is 2.76. The average molecular weight is 488 g/mol. The van der Waals surface area contributed by atoms with Crippen molar-refractivity contribution in [3.05, 3.63) is 36.4 Å². The third-order valence-corrected chi connectivity index (χ3v) is 3.25. The molecule has 1 atom stereocenters. The highest BCUT2D eigenvalue weighted by molar-refractivity contribution is 5.86. The Morgan fingerprint density at radius 3 is 2.00 bits per heavy atom. The second-order valence-corrected chi connectivity index (χ2v) is 5.90. The van der Waals surface area contributed by atoms with Crippen LogP contribution in [0.1, 0.15) is 6.92 Å². The highest BCUT2D eigenvalue weighted by atomic mass is 19.4. The number of ether oxygens (including phenoxy) is 4. The predicted molar refractivity (Wildman–Crippen MR) is 85.2 cm³/mol. The Kier molecular flexibility index (Phi) is 8.40. The molecule has 1 aromatic rings. The molecule has 182 valence electrons. The van der Waals surface area contributed by atoms with Crippen LogP contribution in [0.25, 0.3) is 0 Å². The van der Waals surface area contributed by atoms with Gasteiger partial charge in [0.15, 0.2) is 11.5 Å². The molecule has 5 nitrogen and oxygen atoms in total. The number of rotatable bonds is 11. The topological polar surface area (TPSA) is 54.0 Å².